The normalized spacial score (nSPS) is 24.6. The van der Waals surface area contributed by atoms with Crippen LogP contribution in [0.4, 0.5) is 0 Å². The predicted octanol–water partition coefficient (Wildman–Crippen LogP) is 0.926. The van der Waals surface area contributed by atoms with Crippen molar-refractivity contribution in [3.8, 4) is 0 Å². The second-order valence-corrected chi connectivity index (χ2v) is 6.84. The lowest BCUT2D eigenvalue weighted by molar-refractivity contribution is -0.296. The van der Waals surface area contributed by atoms with Gasteiger partial charge in [-0.15, -0.1) is 0 Å². The summed E-state index contributed by atoms with van der Waals surface area (Å²) in [5, 5.41) is 0. The molecule has 1 aliphatic heterocycles. The molecule has 1 aliphatic rings. The van der Waals surface area contributed by atoms with E-state index in [1.165, 1.54) is 12.1 Å². The molecular formula is C21H24O11. The summed E-state index contributed by atoms with van der Waals surface area (Å²) in [5.74, 6) is -3.81. The number of esters is 5. The summed E-state index contributed by atoms with van der Waals surface area (Å²) in [5.41, 5.74) is 0.168. The maximum Gasteiger partial charge on any atom is 0.338 e. The van der Waals surface area contributed by atoms with Crippen molar-refractivity contribution in [3.63, 3.8) is 0 Å². The molecule has 0 saturated carbocycles. The van der Waals surface area contributed by atoms with Crippen molar-refractivity contribution < 1.29 is 52.4 Å². The second-order valence-electron chi connectivity index (χ2n) is 6.84. The van der Waals surface area contributed by atoms with Gasteiger partial charge < -0.3 is 28.4 Å². The number of ether oxygens (including phenoxy) is 6. The molecule has 11 heteroatoms. The van der Waals surface area contributed by atoms with Gasteiger partial charge in [0, 0.05) is 27.7 Å². The van der Waals surface area contributed by atoms with Gasteiger partial charge in [0.1, 0.15) is 12.7 Å². The number of hydrogen-bond acceptors (Lipinski definition) is 11. The number of carbonyl (C=O) groups is 5. The Balaban J connectivity index is 2.44. The van der Waals surface area contributed by atoms with Crippen LogP contribution >= 0.6 is 0 Å². The van der Waals surface area contributed by atoms with Crippen LogP contribution in [-0.4, -0.2) is 67.2 Å². The van der Waals surface area contributed by atoms with E-state index in [4.69, 9.17) is 28.4 Å². The lowest BCUT2D eigenvalue weighted by Crippen LogP contribution is -2.63. The molecule has 0 N–H and O–H groups in total. The van der Waals surface area contributed by atoms with Crippen molar-refractivity contribution in [2.24, 2.45) is 0 Å². The standard InChI is InChI=1S/C21H24O11/c1-11(22)27-10-16-17(28-12(2)23)18(29-13(3)24)19(21(31-16)30-14(4)25)32-20(26)15-8-6-5-7-9-15/h5-9,16-19,21H,10H2,1-4H3/t16-,17-,18+,19-,21-/m1/s1/i32+1. The zero-order valence-electron chi connectivity index (χ0n) is 18.0. The summed E-state index contributed by atoms with van der Waals surface area (Å²) in [4.78, 5) is 59.1. The molecule has 32 heavy (non-hydrogen) atoms. The first kappa shape index (κ1) is 24.8. The van der Waals surface area contributed by atoms with Gasteiger partial charge in [0.05, 0.1) is 5.56 Å². The van der Waals surface area contributed by atoms with Crippen LogP contribution in [0.3, 0.4) is 0 Å². The fourth-order valence-electron chi connectivity index (χ4n) is 3.02. The Morgan fingerprint density at radius 2 is 1.38 bits per heavy atom. The average molecular weight is 453 g/mol. The largest absolute Gasteiger partial charge is 0.463 e. The predicted molar refractivity (Wildman–Crippen MR) is 104 cm³/mol. The van der Waals surface area contributed by atoms with Crippen LogP contribution in [0.5, 0.6) is 0 Å². The minimum Gasteiger partial charge on any atom is -0.463 e. The molecule has 0 unspecified atom stereocenters. The molecule has 1 aromatic carbocycles. The maximum atomic E-state index is 12.7. The van der Waals surface area contributed by atoms with Gasteiger partial charge in [-0.3, -0.25) is 19.2 Å². The molecule has 1 fully saturated rings. The number of benzene rings is 1. The van der Waals surface area contributed by atoms with Crippen LogP contribution in [0.2, 0.25) is 0 Å². The molecule has 5 atom stereocenters. The Hall–Kier alpha value is -3.47. The van der Waals surface area contributed by atoms with Crippen LogP contribution in [0.15, 0.2) is 30.3 Å². The fraction of sp³-hybridized carbons (Fsp3) is 0.476. The van der Waals surface area contributed by atoms with Crippen molar-refractivity contribution >= 4 is 29.8 Å². The molecule has 2 rings (SSSR count). The first-order valence-corrected chi connectivity index (χ1v) is 9.65. The highest BCUT2D eigenvalue weighted by molar-refractivity contribution is 5.89. The second kappa shape index (κ2) is 11.2. The summed E-state index contributed by atoms with van der Waals surface area (Å²) in [7, 11) is 0. The Bertz CT molecular complexity index is 851. The van der Waals surface area contributed by atoms with E-state index in [2.05, 4.69) is 0 Å². The van der Waals surface area contributed by atoms with E-state index in [0.29, 0.717) is 0 Å². The van der Waals surface area contributed by atoms with Crippen LogP contribution in [0, 0.1) is 0 Å². The number of carbonyl (C=O) groups excluding carboxylic acids is 5. The molecule has 0 aliphatic carbocycles. The van der Waals surface area contributed by atoms with E-state index < -0.39 is 67.2 Å². The molecule has 1 heterocycles. The highest BCUT2D eigenvalue weighted by Gasteiger charge is 2.53. The van der Waals surface area contributed by atoms with E-state index >= 15 is 0 Å². The number of rotatable bonds is 7. The minimum absolute atomic E-state index is 0.168. The van der Waals surface area contributed by atoms with E-state index in [1.54, 1.807) is 18.2 Å². The molecular weight excluding hydrogens is 429 g/mol. The van der Waals surface area contributed by atoms with E-state index in [9.17, 15) is 24.0 Å². The Labute approximate surface area is 183 Å². The van der Waals surface area contributed by atoms with Crippen LogP contribution in [0.25, 0.3) is 0 Å². The Morgan fingerprint density at radius 1 is 0.812 bits per heavy atom. The first-order chi connectivity index (χ1) is 15.1. The molecule has 0 spiro atoms. The van der Waals surface area contributed by atoms with Gasteiger partial charge >= 0.3 is 29.8 Å². The summed E-state index contributed by atoms with van der Waals surface area (Å²) >= 11 is 0. The summed E-state index contributed by atoms with van der Waals surface area (Å²) in [6.45, 7) is 4.04. The molecule has 0 amide bonds. The SMILES string of the molecule is CC(=O)OC[C@H]1O[C@@H](OC(C)=O)[C@H]([17O]C(=O)c2ccccc2)[C@@H](OC(C)=O)[C@@H]1OC(C)=O. The van der Waals surface area contributed by atoms with Crippen LogP contribution in [-0.2, 0) is 47.6 Å². The van der Waals surface area contributed by atoms with Crippen molar-refractivity contribution in [1.29, 1.82) is 0 Å². The zero-order valence-corrected chi connectivity index (χ0v) is 18.0. The van der Waals surface area contributed by atoms with Gasteiger partial charge in [-0.25, -0.2) is 4.79 Å². The molecule has 11 nitrogen and oxygen atoms in total. The topological polar surface area (TPSA) is 141 Å². The van der Waals surface area contributed by atoms with Crippen LogP contribution < -0.4 is 0 Å². The highest BCUT2D eigenvalue weighted by atomic mass is 17.4. The van der Waals surface area contributed by atoms with Gasteiger partial charge in [0.25, 0.3) is 0 Å². The van der Waals surface area contributed by atoms with Gasteiger partial charge in [0.15, 0.2) is 12.2 Å². The first-order valence-electron chi connectivity index (χ1n) is 9.65. The van der Waals surface area contributed by atoms with Crippen molar-refractivity contribution in [3.05, 3.63) is 35.9 Å². The van der Waals surface area contributed by atoms with Gasteiger partial charge in [0.2, 0.25) is 12.4 Å². The monoisotopic (exact) mass is 453 g/mol. The maximum absolute atomic E-state index is 12.7. The third-order valence-corrected chi connectivity index (χ3v) is 4.18. The van der Waals surface area contributed by atoms with E-state index in [-0.39, 0.29) is 5.56 Å². The van der Waals surface area contributed by atoms with Gasteiger partial charge in [-0.2, -0.15) is 0 Å². The molecule has 1 saturated heterocycles. The van der Waals surface area contributed by atoms with E-state index in [1.807, 2.05) is 0 Å². The summed E-state index contributed by atoms with van der Waals surface area (Å²) in [6.07, 6.45) is -6.99. The third kappa shape index (κ3) is 7.05. The molecule has 0 radical (unpaired) electrons. The van der Waals surface area contributed by atoms with Crippen molar-refractivity contribution in [2.75, 3.05) is 6.61 Å². The van der Waals surface area contributed by atoms with Crippen molar-refractivity contribution in [2.45, 2.75) is 58.4 Å². The van der Waals surface area contributed by atoms with Gasteiger partial charge in [-0.05, 0) is 12.1 Å². The summed E-state index contributed by atoms with van der Waals surface area (Å²) < 4.78 is 31.8. The summed E-state index contributed by atoms with van der Waals surface area (Å²) in [6, 6.07) is 7.89. The minimum atomic E-state index is -1.54. The molecule has 174 valence electrons. The molecule has 0 aromatic heterocycles. The van der Waals surface area contributed by atoms with Gasteiger partial charge in [-0.1, -0.05) is 18.2 Å². The number of hydrogen-bond donors (Lipinski definition) is 0. The molecule has 1 aromatic rings. The lowest BCUT2D eigenvalue weighted by atomic mass is 9.98. The highest BCUT2D eigenvalue weighted by Crippen LogP contribution is 2.30. The Morgan fingerprint density at radius 3 is 1.91 bits per heavy atom. The Kier molecular flexibility index (Phi) is 8.71. The fourth-order valence-corrected chi connectivity index (χ4v) is 3.02. The smallest absolute Gasteiger partial charge is 0.338 e. The van der Waals surface area contributed by atoms with Crippen LogP contribution in [0.1, 0.15) is 38.1 Å². The quantitative estimate of drug-likeness (QED) is 0.430. The molecule has 0 bridgehead atoms. The zero-order chi connectivity index (χ0) is 23.8. The third-order valence-electron chi connectivity index (χ3n) is 4.18. The van der Waals surface area contributed by atoms with Crippen molar-refractivity contribution in [1.82, 2.24) is 0 Å². The lowest BCUT2D eigenvalue weighted by Gasteiger charge is -2.43. The average Bonchev–Trinajstić information content (AvgIpc) is 2.70. The van der Waals surface area contributed by atoms with E-state index in [0.717, 1.165) is 27.7 Å².